The molecule has 1 aromatic rings. The molecule has 0 atom stereocenters. The number of nitrogens with zero attached hydrogens (tertiary/aromatic N) is 2. The molecule has 9 nitrogen and oxygen atoms in total. The van der Waals surface area contributed by atoms with Gasteiger partial charge in [-0.25, -0.2) is 17.5 Å². The molecule has 0 N–H and O–H groups in total. The van der Waals surface area contributed by atoms with Crippen molar-refractivity contribution in [1.82, 2.24) is 9.37 Å². The molecule has 2 aliphatic heterocycles. The zero-order valence-corrected chi connectivity index (χ0v) is 13.1. The van der Waals surface area contributed by atoms with Crippen molar-refractivity contribution >= 4 is 33.7 Å². The first-order valence-corrected chi connectivity index (χ1v) is 8.49. The van der Waals surface area contributed by atoms with Crippen molar-refractivity contribution in [3.63, 3.8) is 0 Å². The molecular formula is C14H12N2O7S. The molecule has 0 radical (unpaired) electrons. The van der Waals surface area contributed by atoms with E-state index in [2.05, 4.69) is 4.84 Å². The minimum atomic E-state index is -4.01. The van der Waals surface area contributed by atoms with Gasteiger partial charge in [0.15, 0.2) is 0 Å². The lowest BCUT2D eigenvalue weighted by Crippen LogP contribution is -2.35. The van der Waals surface area contributed by atoms with Crippen LogP contribution in [0.1, 0.15) is 29.6 Å². The van der Waals surface area contributed by atoms with E-state index in [1.54, 1.807) is 0 Å². The van der Waals surface area contributed by atoms with E-state index in [0.29, 0.717) is 9.37 Å². The summed E-state index contributed by atoms with van der Waals surface area (Å²) in [5, 5.41) is 0.372. The molecule has 0 bridgehead atoms. The van der Waals surface area contributed by atoms with E-state index in [0.717, 1.165) is 0 Å². The molecule has 3 amide bonds. The molecule has 0 unspecified atom stereocenters. The van der Waals surface area contributed by atoms with Crippen molar-refractivity contribution in [3.8, 4) is 0 Å². The third kappa shape index (κ3) is 2.54. The molecule has 10 heteroatoms. The van der Waals surface area contributed by atoms with Crippen LogP contribution in [0.25, 0.3) is 0 Å². The van der Waals surface area contributed by atoms with Crippen molar-refractivity contribution in [1.29, 1.82) is 0 Å². The zero-order chi connectivity index (χ0) is 17.5. The molecule has 2 heterocycles. The molecule has 1 aromatic carbocycles. The maximum atomic E-state index is 12.3. The highest BCUT2D eigenvalue weighted by Gasteiger charge is 2.41. The number of hydrogen-bond acceptors (Lipinski definition) is 7. The number of carbonyl (C=O) groups is 4. The molecule has 1 saturated heterocycles. The highest BCUT2D eigenvalue weighted by atomic mass is 32.2. The van der Waals surface area contributed by atoms with E-state index >= 15 is 0 Å². The maximum Gasteiger partial charge on any atom is 0.335 e. The number of hydrogen-bond donors (Lipinski definition) is 0. The first-order valence-electron chi connectivity index (χ1n) is 7.05. The Morgan fingerprint density at radius 1 is 1.08 bits per heavy atom. The van der Waals surface area contributed by atoms with Crippen LogP contribution in [0.5, 0.6) is 0 Å². The van der Waals surface area contributed by atoms with Gasteiger partial charge in [0.05, 0.1) is 12.0 Å². The van der Waals surface area contributed by atoms with E-state index < -0.39 is 46.7 Å². The van der Waals surface area contributed by atoms with Crippen LogP contribution in [-0.2, 0) is 29.2 Å². The third-order valence-corrected chi connectivity index (χ3v) is 5.47. The Labute approximate surface area is 136 Å². The van der Waals surface area contributed by atoms with Crippen LogP contribution in [0.4, 0.5) is 0 Å². The summed E-state index contributed by atoms with van der Waals surface area (Å²) in [4.78, 5) is 51.1. The number of benzene rings is 1. The lowest BCUT2D eigenvalue weighted by molar-refractivity contribution is -0.197. The average molecular weight is 352 g/mol. The highest BCUT2D eigenvalue weighted by Crippen LogP contribution is 2.29. The quantitative estimate of drug-likeness (QED) is 0.690. The lowest BCUT2D eigenvalue weighted by Gasteiger charge is -2.16. The maximum absolute atomic E-state index is 12.3. The van der Waals surface area contributed by atoms with Crippen molar-refractivity contribution in [2.24, 2.45) is 0 Å². The van der Waals surface area contributed by atoms with Gasteiger partial charge in [0, 0.05) is 19.4 Å². The van der Waals surface area contributed by atoms with Crippen molar-refractivity contribution in [3.05, 3.63) is 29.8 Å². The van der Waals surface area contributed by atoms with Gasteiger partial charge in [-0.05, 0) is 12.1 Å². The van der Waals surface area contributed by atoms with Gasteiger partial charge in [-0.2, -0.15) is 0 Å². The van der Waals surface area contributed by atoms with E-state index in [1.807, 2.05) is 0 Å². The fraction of sp³-hybridized carbons (Fsp3) is 0.286. The summed E-state index contributed by atoms with van der Waals surface area (Å²) >= 11 is 0. The van der Waals surface area contributed by atoms with Crippen LogP contribution < -0.4 is 0 Å². The Morgan fingerprint density at radius 3 is 2.33 bits per heavy atom. The van der Waals surface area contributed by atoms with E-state index in [-0.39, 0.29) is 23.3 Å². The summed E-state index contributed by atoms with van der Waals surface area (Å²) in [7, 11) is -4.01. The van der Waals surface area contributed by atoms with Gasteiger partial charge < -0.3 is 4.84 Å². The minimum Gasteiger partial charge on any atom is -0.330 e. The molecular weight excluding hydrogens is 340 g/mol. The van der Waals surface area contributed by atoms with E-state index in [4.69, 9.17) is 0 Å². The number of sulfonamides is 1. The van der Waals surface area contributed by atoms with Crippen LogP contribution in [0.2, 0.25) is 0 Å². The number of imide groups is 1. The average Bonchev–Trinajstić information content (AvgIpc) is 2.95. The number of carbonyl (C=O) groups excluding carboxylic acids is 4. The van der Waals surface area contributed by atoms with Gasteiger partial charge >= 0.3 is 5.97 Å². The topological polar surface area (TPSA) is 118 Å². The predicted molar refractivity (Wildman–Crippen MR) is 76.5 cm³/mol. The second kappa shape index (κ2) is 5.71. The van der Waals surface area contributed by atoms with E-state index in [1.165, 1.54) is 24.3 Å². The normalized spacial score (nSPS) is 18.9. The lowest BCUT2D eigenvalue weighted by atomic mass is 10.2. The number of amides is 3. The fourth-order valence-corrected chi connectivity index (χ4v) is 4.02. The zero-order valence-electron chi connectivity index (χ0n) is 12.3. The van der Waals surface area contributed by atoms with Crippen molar-refractivity contribution in [2.45, 2.75) is 24.2 Å². The highest BCUT2D eigenvalue weighted by molar-refractivity contribution is 7.90. The SMILES string of the molecule is O=C(CCN1C(=O)c2ccccc2S1(=O)=O)ON1C(=O)CCC1=O. The summed E-state index contributed by atoms with van der Waals surface area (Å²) in [5.41, 5.74) is 0.0377. The van der Waals surface area contributed by atoms with Crippen LogP contribution in [0.15, 0.2) is 29.2 Å². The largest absolute Gasteiger partial charge is 0.335 e. The second-order valence-corrected chi connectivity index (χ2v) is 7.00. The van der Waals surface area contributed by atoms with Gasteiger partial charge in [-0.15, -0.1) is 5.06 Å². The molecule has 1 fully saturated rings. The van der Waals surface area contributed by atoms with Crippen LogP contribution in [-0.4, -0.2) is 48.0 Å². The third-order valence-electron chi connectivity index (χ3n) is 3.63. The fourth-order valence-electron chi connectivity index (χ4n) is 2.45. The molecule has 0 spiro atoms. The summed E-state index contributed by atoms with van der Waals surface area (Å²) in [5.74, 6) is -2.97. The first kappa shape index (κ1) is 16.1. The molecule has 0 saturated carbocycles. The Morgan fingerprint density at radius 2 is 1.71 bits per heavy atom. The number of rotatable bonds is 4. The van der Waals surface area contributed by atoms with Crippen LogP contribution in [0.3, 0.4) is 0 Å². The smallest absolute Gasteiger partial charge is 0.330 e. The van der Waals surface area contributed by atoms with Gasteiger partial charge in [-0.3, -0.25) is 14.4 Å². The van der Waals surface area contributed by atoms with Crippen LogP contribution in [0, 0.1) is 0 Å². The Hall–Kier alpha value is -2.75. The predicted octanol–water partition coefficient (Wildman–Crippen LogP) is -0.172. The molecule has 2 aliphatic rings. The number of hydroxylamine groups is 2. The minimum absolute atomic E-state index is 0.0377. The molecule has 0 aliphatic carbocycles. The Bertz CT molecular complexity index is 846. The van der Waals surface area contributed by atoms with Gasteiger partial charge in [0.1, 0.15) is 4.90 Å². The van der Waals surface area contributed by atoms with Gasteiger partial charge in [-0.1, -0.05) is 12.1 Å². The summed E-state index contributed by atoms with van der Waals surface area (Å²) in [6.45, 7) is -0.440. The Kier molecular flexibility index (Phi) is 3.84. The molecule has 126 valence electrons. The Balaban J connectivity index is 1.67. The van der Waals surface area contributed by atoms with E-state index in [9.17, 15) is 27.6 Å². The van der Waals surface area contributed by atoms with Gasteiger partial charge in [0.2, 0.25) is 0 Å². The summed E-state index contributed by atoms with van der Waals surface area (Å²) in [6.07, 6.45) is -0.559. The van der Waals surface area contributed by atoms with Crippen molar-refractivity contribution < 1.29 is 32.4 Å². The molecule has 0 aromatic heterocycles. The number of fused-ring (bicyclic) bond motifs is 1. The molecule has 3 rings (SSSR count). The second-order valence-electron chi connectivity index (χ2n) is 5.17. The molecule has 24 heavy (non-hydrogen) atoms. The standard InChI is InChI=1S/C14H12N2O7S/c17-11-5-6-12(18)16(11)23-13(19)7-8-15-14(20)9-3-1-2-4-10(9)24(15,21)22/h1-4H,5-8H2. The van der Waals surface area contributed by atoms with Crippen LogP contribution >= 0.6 is 0 Å². The van der Waals surface area contributed by atoms with Crippen molar-refractivity contribution in [2.75, 3.05) is 6.54 Å². The first-order chi connectivity index (χ1) is 11.3. The van der Waals surface area contributed by atoms with Gasteiger partial charge in [0.25, 0.3) is 27.7 Å². The monoisotopic (exact) mass is 352 g/mol. The summed E-state index contributed by atoms with van der Waals surface area (Å²) < 4.78 is 25.2. The summed E-state index contributed by atoms with van der Waals surface area (Å²) in [6, 6.07) is 5.72.